The Morgan fingerprint density at radius 1 is 1.04 bits per heavy atom. The molecular weight excluding hydrogens is 340 g/mol. The van der Waals surface area contributed by atoms with E-state index < -0.39 is 0 Å². The van der Waals surface area contributed by atoms with E-state index in [4.69, 9.17) is 9.47 Å². The molecule has 1 saturated heterocycles. The zero-order chi connectivity index (χ0) is 18.5. The van der Waals surface area contributed by atoms with Crippen LogP contribution in [0.4, 0.5) is 5.82 Å². The van der Waals surface area contributed by atoms with Gasteiger partial charge in [-0.3, -0.25) is 4.98 Å². The Kier molecular flexibility index (Phi) is 5.55. The van der Waals surface area contributed by atoms with Gasteiger partial charge in [-0.15, -0.1) is 0 Å². The molecule has 2 aromatic heterocycles. The lowest BCUT2D eigenvalue weighted by atomic mass is 10.0. The standard InChI is InChI=1S/C21H24N4O2/c1-15(24-19-8-7-18-21(25-19)23-12-11-22-18)20(16-5-3-2-4-6-16)27-17-9-13-26-14-10-17/h2-8,11-12,15,17,20H,9-10,13-14H2,1H3,(H,23,24,25). The van der Waals surface area contributed by atoms with Crippen molar-refractivity contribution in [2.75, 3.05) is 18.5 Å². The maximum atomic E-state index is 6.50. The largest absolute Gasteiger partial charge is 0.381 e. The zero-order valence-electron chi connectivity index (χ0n) is 15.4. The van der Waals surface area contributed by atoms with Gasteiger partial charge >= 0.3 is 0 Å². The minimum Gasteiger partial charge on any atom is -0.381 e. The molecule has 140 valence electrons. The monoisotopic (exact) mass is 364 g/mol. The minimum absolute atomic E-state index is 0.0388. The predicted molar refractivity (Wildman–Crippen MR) is 105 cm³/mol. The highest BCUT2D eigenvalue weighted by Crippen LogP contribution is 2.28. The summed E-state index contributed by atoms with van der Waals surface area (Å²) >= 11 is 0. The molecule has 2 unspecified atom stereocenters. The number of nitrogens with one attached hydrogen (secondary N) is 1. The summed E-state index contributed by atoms with van der Waals surface area (Å²) in [5.74, 6) is 0.770. The Bertz CT molecular complexity index is 868. The SMILES string of the molecule is CC(Nc1ccc2nccnc2n1)C(OC1CCOCC1)c1ccccc1. The van der Waals surface area contributed by atoms with Crippen LogP contribution < -0.4 is 5.32 Å². The first-order valence-corrected chi connectivity index (χ1v) is 9.42. The lowest BCUT2D eigenvalue weighted by Gasteiger charge is -2.32. The van der Waals surface area contributed by atoms with E-state index in [1.54, 1.807) is 12.4 Å². The molecule has 1 aliphatic heterocycles. The molecule has 0 aliphatic carbocycles. The Labute approximate surface area is 159 Å². The first-order chi connectivity index (χ1) is 13.3. The molecule has 3 aromatic rings. The molecular formula is C21H24N4O2. The van der Waals surface area contributed by atoms with Crippen molar-refractivity contribution in [3.63, 3.8) is 0 Å². The molecule has 2 atom stereocenters. The third-order valence-electron chi connectivity index (χ3n) is 4.80. The number of benzene rings is 1. The van der Waals surface area contributed by atoms with Crippen molar-refractivity contribution in [1.29, 1.82) is 0 Å². The van der Waals surface area contributed by atoms with Gasteiger partial charge in [-0.25, -0.2) is 9.97 Å². The van der Waals surface area contributed by atoms with Crippen molar-refractivity contribution < 1.29 is 9.47 Å². The number of rotatable bonds is 6. The maximum absolute atomic E-state index is 6.50. The number of fused-ring (bicyclic) bond motifs is 1. The van der Waals surface area contributed by atoms with Gasteiger partial charge in [0.05, 0.1) is 12.1 Å². The molecule has 0 spiro atoms. The lowest BCUT2D eigenvalue weighted by molar-refractivity contribution is -0.0739. The van der Waals surface area contributed by atoms with Crippen LogP contribution in [0.25, 0.3) is 11.2 Å². The molecule has 1 aliphatic rings. The number of hydrogen-bond acceptors (Lipinski definition) is 6. The van der Waals surface area contributed by atoms with Crippen LogP contribution in [0.1, 0.15) is 31.4 Å². The van der Waals surface area contributed by atoms with Crippen molar-refractivity contribution in [2.45, 2.75) is 38.0 Å². The average molecular weight is 364 g/mol. The van der Waals surface area contributed by atoms with Crippen LogP contribution in [0.2, 0.25) is 0 Å². The smallest absolute Gasteiger partial charge is 0.180 e. The summed E-state index contributed by atoms with van der Waals surface area (Å²) in [5, 5.41) is 3.49. The fraction of sp³-hybridized carbons (Fsp3) is 0.381. The molecule has 3 heterocycles. The average Bonchev–Trinajstić information content (AvgIpc) is 2.73. The van der Waals surface area contributed by atoms with Crippen molar-refractivity contribution in [1.82, 2.24) is 15.0 Å². The summed E-state index contributed by atoms with van der Waals surface area (Å²) in [7, 11) is 0. The molecule has 1 fully saturated rings. The normalized spacial score (nSPS) is 17.5. The number of ether oxygens (including phenoxy) is 2. The molecule has 0 bridgehead atoms. The van der Waals surface area contributed by atoms with Crippen LogP contribution in [0.5, 0.6) is 0 Å². The second-order valence-corrected chi connectivity index (χ2v) is 6.81. The van der Waals surface area contributed by atoms with E-state index in [1.807, 2.05) is 30.3 Å². The van der Waals surface area contributed by atoms with E-state index in [0.717, 1.165) is 43.0 Å². The topological polar surface area (TPSA) is 69.2 Å². The van der Waals surface area contributed by atoms with Crippen molar-refractivity contribution in [3.05, 3.63) is 60.4 Å². The zero-order valence-corrected chi connectivity index (χ0v) is 15.4. The van der Waals surface area contributed by atoms with Gasteiger partial charge in [0.2, 0.25) is 0 Å². The first kappa shape index (κ1) is 17.8. The second-order valence-electron chi connectivity index (χ2n) is 6.81. The van der Waals surface area contributed by atoms with E-state index in [0.29, 0.717) is 5.65 Å². The summed E-state index contributed by atoms with van der Waals surface area (Å²) in [6, 6.07) is 14.3. The van der Waals surface area contributed by atoms with E-state index in [9.17, 15) is 0 Å². The van der Waals surface area contributed by atoms with Crippen LogP contribution >= 0.6 is 0 Å². The van der Waals surface area contributed by atoms with Gasteiger partial charge in [0.1, 0.15) is 17.4 Å². The van der Waals surface area contributed by atoms with E-state index in [2.05, 4.69) is 39.3 Å². The van der Waals surface area contributed by atoms with Gasteiger partial charge in [-0.1, -0.05) is 30.3 Å². The maximum Gasteiger partial charge on any atom is 0.180 e. The Balaban J connectivity index is 1.54. The van der Waals surface area contributed by atoms with Crippen molar-refractivity contribution >= 4 is 17.0 Å². The van der Waals surface area contributed by atoms with Gasteiger partial charge in [-0.05, 0) is 37.5 Å². The van der Waals surface area contributed by atoms with E-state index >= 15 is 0 Å². The Morgan fingerprint density at radius 2 is 1.81 bits per heavy atom. The molecule has 1 N–H and O–H groups in total. The van der Waals surface area contributed by atoms with Crippen LogP contribution in [-0.4, -0.2) is 40.3 Å². The highest BCUT2D eigenvalue weighted by Gasteiger charge is 2.25. The minimum atomic E-state index is -0.0753. The van der Waals surface area contributed by atoms with Crippen molar-refractivity contribution in [3.8, 4) is 0 Å². The van der Waals surface area contributed by atoms with Gasteiger partial charge < -0.3 is 14.8 Å². The Morgan fingerprint density at radius 3 is 2.63 bits per heavy atom. The van der Waals surface area contributed by atoms with Gasteiger partial charge in [0, 0.05) is 25.6 Å². The molecule has 6 nitrogen and oxygen atoms in total. The first-order valence-electron chi connectivity index (χ1n) is 9.42. The molecule has 0 saturated carbocycles. The predicted octanol–water partition coefficient (Wildman–Crippen LogP) is 3.76. The van der Waals surface area contributed by atoms with Gasteiger partial charge in [0.15, 0.2) is 5.65 Å². The Hall–Kier alpha value is -2.57. The third-order valence-corrected chi connectivity index (χ3v) is 4.80. The number of nitrogens with zero attached hydrogens (tertiary/aromatic N) is 3. The highest BCUT2D eigenvalue weighted by molar-refractivity contribution is 5.71. The second kappa shape index (κ2) is 8.41. The van der Waals surface area contributed by atoms with Crippen molar-refractivity contribution in [2.24, 2.45) is 0 Å². The number of hydrogen-bond donors (Lipinski definition) is 1. The molecule has 0 amide bonds. The van der Waals surface area contributed by atoms with Gasteiger partial charge in [0.25, 0.3) is 0 Å². The fourth-order valence-electron chi connectivity index (χ4n) is 3.39. The fourth-order valence-corrected chi connectivity index (χ4v) is 3.39. The van der Waals surface area contributed by atoms with Crippen LogP contribution in [-0.2, 0) is 9.47 Å². The molecule has 4 rings (SSSR count). The van der Waals surface area contributed by atoms with Gasteiger partial charge in [-0.2, -0.15) is 0 Å². The lowest BCUT2D eigenvalue weighted by Crippen LogP contribution is -2.32. The summed E-state index contributed by atoms with van der Waals surface area (Å²) in [6.45, 7) is 3.65. The summed E-state index contributed by atoms with van der Waals surface area (Å²) in [5.41, 5.74) is 2.58. The summed E-state index contributed by atoms with van der Waals surface area (Å²) < 4.78 is 12.0. The van der Waals surface area contributed by atoms with Crippen LogP contribution in [0, 0.1) is 0 Å². The highest BCUT2D eigenvalue weighted by atomic mass is 16.5. The quantitative estimate of drug-likeness (QED) is 0.718. The van der Waals surface area contributed by atoms with Crippen LogP contribution in [0.15, 0.2) is 54.9 Å². The van der Waals surface area contributed by atoms with E-state index in [1.165, 1.54) is 0 Å². The number of anilines is 1. The van der Waals surface area contributed by atoms with Crippen LogP contribution in [0.3, 0.4) is 0 Å². The molecule has 1 aromatic carbocycles. The number of aromatic nitrogens is 3. The summed E-state index contributed by atoms with van der Waals surface area (Å²) in [6.07, 6.45) is 5.33. The third kappa shape index (κ3) is 4.40. The van der Waals surface area contributed by atoms with E-state index in [-0.39, 0.29) is 18.2 Å². The summed E-state index contributed by atoms with van der Waals surface area (Å²) in [4.78, 5) is 13.1. The molecule has 6 heteroatoms. The molecule has 27 heavy (non-hydrogen) atoms. The molecule has 0 radical (unpaired) electrons. The number of pyridine rings is 1.